The minimum absolute atomic E-state index is 0.150. The number of nitrogens with two attached hydrogens (primary N) is 1. The molecule has 0 radical (unpaired) electrons. The van der Waals surface area contributed by atoms with Gasteiger partial charge in [-0.05, 0) is 23.7 Å². The summed E-state index contributed by atoms with van der Waals surface area (Å²) in [6, 6.07) is 0. The van der Waals surface area contributed by atoms with Crippen LogP contribution in [0.4, 0.5) is 0 Å². The number of hydrogen-bond acceptors (Lipinski definition) is 2. The second kappa shape index (κ2) is 15.7. The fraction of sp³-hybridized carbons (Fsp3) is 0.955. The first-order valence-electron chi connectivity index (χ1n) is 10.8. The van der Waals surface area contributed by atoms with E-state index in [1.807, 2.05) is 0 Å². The maximum Gasteiger partial charge on any atom is 0.220 e. The number of rotatable bonds is 16. The quantitative estimate of drug-likeness (QED) is 0.383. The zero-order chi connectivity index (χ0) is 19.1. The number of carbonyl (C=O) groups is 1. The molecule has 3 heteroatoms. The molecule has 3 atom stereocenters. The SMILES string of the molecule is CC(C)CCCC(C)CCCC(C)CCCC(C)CC(=O)NCCN. The van der Waals surface area contributed by atoms with Gasteiger partial charge < -0.3 is 11.1 Å². The number of carbonyl (C=O) groups excluding carboxylic acids is 1. The van der Waals surface area contributed by atoms with Gasteiger partial charge in [0.15, 0.2) is 0 Å². The fourth-order valence-corrected chi connectivity index (χ4v) is 3.50. The third-order valence-corrected chi connectivity index (χ3v) is 5.27. The van der Waals surface area contributed by atoms with E-state index in [0.29, 0.717) is 25.4 Å². The van der Waals surface area contributed by atoms with Crippen molar-refractivity contribution in [1.82, 2.24) is 5.32 Å². The maximum absolute atomic E-state index is 11.7. The lowest BCUT2D eigenvalue weighted by molar-refractivity contribution is -0.121. The van der Waals surface area contributed by atoms with Crippen molar-refractivity contribution >= 4 is 5.91 Å². The van der Waals surface area contributed by atoms with Crippen LogP contribution in [0.2, 0.25) is 0 Å². The molecule has 25 heavy (non-hydrogen) atoms. The molecular weight excluding hydrogens is 308 g/mol. The van der Waals surface area contributed by atoms with Crippen LogP contribution in [-0.2, 0) is 4.79 Å². The first kappa shape index (κ1) is 24.4. The molecule has 1 amide bonds. The molecule has 0 saturated carbocycles. The smallest absolute Gasteiger partial charge is 0.220 e. The number of amides is 1. The Morgan fingerprint density at radius 3 is 1.64 bits per heavy atom. The van der Waals surface area contributed by atoms with Gasteiger partial charge in [-0.3, -0.25) is 4.79 Å². The molecule has 0 saturated heterocycles. The van der Waals surface area contributed by atoms with Gasteiger partial charge in [0.2, 0.25) is 5.91 Å². The predicted octanol–water partition coefficient (Wildman–Crippen LogP) is 5.53. The molecular formula is C22H46N2O. The van der Waals surface area contributed by atoms with Crippen molar-refractivity contribution in [1.29, 1.82) is 0 Å². The Balaban J connectivity index is 3.60. The van der Waals surface area contributed by atoms with E-state index in [-0.39, 0.29) is 5.91 Å². The third-order valence-electron chi connectivity index (χ3n) is 5.27. The van der Waals surface area contributed by atoms with Gasteiger partial charge in [-0.2, -0.15) is 0 Å². The van der Waals surface area contributed by atoms with Gasteiger partial charge in [0.25, 0.3) is 0 Å². The average Bonchev–Trinajstić information content (AvgIpc) is 2.52. The summed E-state index contributed by atoms with van der Waals surface area (Å²) in [5.41, 5.74) is 5.40. The molecule has 0 aliphatic heterocycles. The normalized spacial score (nSPS) is 15.2. The van der Waals surface area contributed by atoms with Crippen molar-refractivity contribution in [3.63, 3.8) is 0 Å². The van der Waals surface area contributed by atoms with Crippen molar-refractivity contribution in [3.05, 3.63) is 0 Å². The Morgan fingerprint density at radius 2 is 1.20 bits per heavy atom. The summed E-state index contributed by atoms with van der Waals surface area (Å²) < 4.78 is 0. The molecule has 3 nitrogen and oxygen atoms in total. The summed E-state index contributed by atoms with van der Waals surface area (Å²) in [5.74, 6) is 3.18. The molecule has 150 valence electrons. The van der Waals surface area contributed by atoms with Gasteiger partial charge in [-0.25, -0.2) is 0 Å². The molecule has 0 aromatic carbocycles. The predicted molar refractivity (Wildman–Crippen MR) is 111 cm³/mol. The second-order valence-corrected chi connectivity index (χ2v) is 8.84. The van der Waals surface area contributed by atoms with E-state index < -0.39 is 0 Å². The Labute approximate surface area is 157 Å². The Bertz CT molecular complexity index is 317. The first-order chi connectivity index (χ1) is 11.8. The van der Waals surface area contributed by atoms with Gasteiger partial charge in [0.1, 0.15) is 0 Å². The van der Waals surface area contributed by atoms with E-state index in [2.05, 4.69) is 39.9 Å². The van der Waals surface area contributed by atoms with Gasteiger partial charge in [-0.1, -0.05) is 92.4 Å². The van der Waals surface area contributed by atoms with Gasteiger partial charge in [0, 0.05) is 19.5 Å². The van der Waals surface area contributed by atoms with Crippen molar-refractivity contribution in [2.24, 2.45) is 29.4 Å². The summed E-state index contributed by atoms with van der Waals surface area (Å²) in [4.78, 5) is 11.7. The van der Waals surface area contributed by atoms with E-state index in [1.165, 1.54) is 51.4 Å². The van der Waals surface area contributed by atoms with Crippen LogP contribution in [0.5, 0.6) is 0 Å². The van der Waals surface area contributed by atoms with E-state index in [0.717, 1.165) is 24.2 Å². The highest BCUT2D eigenvalue weighted by molar-refractivity contribution is 5.76. The maximum atomic E-state index is 11.7. The van der Waals surface area contributed by atoms with Crippen LogP contribution < -0.4 is 11.1 Å². The highest BCUT2D eigenvalue weighted by Gasteiger charge is 2.10. The average molecular weight is 355 g/mol. The standard InChI is InChI=1S/C22H46N2O/c1-18(2)9-6-10-19(3)11-7-12-20(4)13-8-14-21(5)17-22(25)24-16-15-23/h18-21H,6-17,23H2,1-5H3,(H,24,25). The number of hydrogen-bond donors (Lipinski definition) is 2. The Hall–Kier alpha value is -0.570. The molecule has 0 bridgehead atoms. The minimum Gasteiger partial charge on any atom is -0.355 e. The van der Waals surface area contributed by atoms with Gasteiger partial charge in [0.05, 0.1) is 0 Å². The largest absolute Gasteiger partial charge is 0.355 e. The summed E-state index contributed by atoms with van der Waals surface area (Å²) in [6.45, 7) is 12.8. The molecule has 0 aromatic rings. The monoisotopic (exact) mass is 354 g/mol. The highest BCUT2D eigenvalue weighted by Crippen LogP contribution is 2.22. The van der Waals surface area contributed by atoms with Crippen LogP contribution in [0.1, 0.15) is 98.8 Å². The topological polar surface area (TPSA) is 55.1 Å². The van der Waals surface area contributed by atoms with Gasteiger partial charge >= 0.3 is 0 Å². The zero-order valence-corrected chi connectivity index (χ0v) is 17.8. The van der Waals surface area contributed by atoms with Crippen LogP contribution in [0.25, 0.3) is 0 Å². The molecule has 0 rings (SSSR count). The molecule has 3 unspecified atom stereocenters. The minimum atomic E-state index is 0.150. The van der Waals surface area contributed by atoms with Crippen molar-refractivity contribution in [3.8, 4) is 0 Å². The van der Waals surface area contributed by atoms with Crippen molar-refractivity contribution in [2.45, 2.75) is 98.8 Å². The van der Waals surface area contributed by atoms with E-state index >= 15 is 0 Å². The zero-order valence-electron chi connectivity index (χ0n) is 17.8. The molecule has 0 aliphatic carbocycles. The van der Waals surface area contributed by atoms with Gasteiger partial charge in [-0.15, -0.1) is 0 Å². The number of nitrogens with one attached hydrogen (secondary N) is 1. The summed E-state index contributed by atoms with van der Waals surface area (Å²) in [5, 5.41) is 2.86. The van der Waals surface area contributed by atoms with Crippen LogP contribution in [0, 0.1) is 23.7 Å². The molecule has 0 heterocycles. The van der Waals surface area contributed by atoms with E-state index in [4.69, 9.17) is 5.73 Å². The Morgan fingerprint density at radius 1 is 0.760 bits per heavy atom. The van der Waals surface area contributed by atoms with Crippen molar-refractivity contribution < 1.29 is 4.79 Å². The first-order valence-corrected chi connectivity index (χ1v) is 10.8. The van der Waals surface area contributed by atoms with Crippen LogP contribution in [0.15, 0.2) is 0 Å². The summed E-state index contributed by atoms with van der Waals surface area (Å²) in [6.07, 6.45) is 12.6. The highest BCUT2D eigenvalue weighted by atomic mass is 16.1. The van der Waals surface area contributed by atoms with Crippen LogP contribution >= 0.6 is 0 Å². The van der Waals surface area contributed by atoms with E-state index in [9.17, 15) is 4.79 Å². The molecule has 0 aromatic heterocycles. The second-order valence-electron chi connectivity index (χ2n) is 8.84. The Kier molecular flexibility index (Phi) is 15.3. The summed E-state index contributed by atoms with van der Waals surface area (Å²) in [7, 11) is 0. The summed E-state index contributed by atoms with van der Waals surface area (Å²) >= 11 is 0. The molecule has 0 spiro atoms. The lowest BCUT2D eigenvalue weighted by atomic mass is 9.90. The van der Waals surface area contributed by atoms with Crippen LogP contribution in [-0.4, -0.2) is 19.0 Å². The molecule has 0 aliphatic rings. The lowest BCUT2D eigenvalue weighted by Crippen LogP contribution is -2.30. The molecule has 3 N–H and O–H groups in total. The fourth-order valence-electron chi connectivity index (χ4n) is 3.50. The van der Waals surface area contributed by atoms with Crippen LogP contribution in [0.3, 0.4) is 0 Å². The van der Waals surface area contributed by atoms with E-state index in [1.54, 1.807) is 0 Å². The van der Waals surface area contributed by atoms with Crippen molar-refractivity contribution in [2.75, 3.05) is 13.1 Å². The third kappa shape index (κ3) is 16.6. The molecule has 0 fully saturated rings. The lowest BCUT2D eigenvalue weighted by Gasteiger charge is -2.16.